The van der Waals surface area contributed by atoms with E-state index in [-0.39, 0.29) is 23.7 Å². The van der Waals surface area contributed by atoms with E-state index in [2.05, 4.69) is 31.3 Å². The molecule has 0 bridgehead atoms. The molecule has 1 fully saturated rings. The number of hydrogen-bond acceptors (Lipinski definition) is 2. The first-order valence-electron chi connectivity index (χ1n) is 7.57. The van der Waals surface area contributed by atoms with E-state index in [1.165, 1.54) is 12.0 Å². The van der Waals surface area contributed by atoms with Gasteiger partial charge in [-0.1, -0.05) is 63.4 Å². The highest BCUT2D eigenvalue weighted by molar-refractivity contribution is 5.86. The number of carbonyl (C=O) groups is 1. The van der Waals surface area contributed by atoms with E-state index >= 15 is 0 Å². The topological polar surface area (TPSA) is 55.1 Å². The van der Waals surface area contributed by atoms with Crippen LogP contribution in [0.2, 0.25) is 0 Å². The molecule has 3 N–H and O–H groups in total. The second-order valence-corrected chi connectivity index (χ2v) is 6.65. The molecule has 1 saturated carbocycles. The summed E-state index contributed by atoms with van der Waals surface area (Å²) in [5.41, 5.74) is 6.76. The fraction of sp³-hybridized carbons (Fsp3) is 0.588. The molecule has 118 valence electrons. The first-order valence-corrected chi connectivity index (χ1v) is 7.57. The van der Waals surface area contributed by atoms with Gasteiger partial charge in [0.2, 0.25) is 5.91 Å². The maximum absolute atomic E-state index is 12.4. The van der Waals surface area contributed by atoms with Crippen LogP contribution in [0.25, 0.3) is 0 Å². The highest BCUT2D eigenvalue weighted by Gasteiger charge is 2.36. The SMILES string of the molecule is CC(C)(CNC(=O)C1(N)CCCCC1)c1ccccc1.Cl. The second kappa shape index (κ2) is 7.28. The molecular weight excluding hydrogens is 284 g/mol. The lowest BCUT2D eigenvalue weighted by molar-refractivity contribution is -0.127. The monoisotopic (exact) mass is 310 g/mol. The molecule has 0 radical (unpaired) electrons. The van der Waals surface area contributed by atoms with Crippen LogP contribution < -0.4 is 11.1 Å². The molecule has 0 aliphatic heterocycles. The van der Waals surface area contributed by atoms with Gasteiger partial charge >= 0.3 is 0 Å². The summed E-state index contributed by atoms with van der Waals surface area (Å²) in [6.45, 7) is 4.91. The van der Waals surface area contributed by atoms with E-state index < -0.39 is 5.54 Å². The maximum atomic E-state index is 12.4. The molecule has 4 heteroatoms. The van der Waals surface area contributed by atoms with Gasteiger partial charge in [-0.15, -0.1) is 12.4 Å². The van der Waals surface area contributed by atoms with Crippen molar-refractivity contribution in [3.63, 3.8) is 0 Å². The Labute approximate surface area is 134 Å². The molecule has 1 aliphatic carbocycles. The maximum Gasteiger partial charge on any atom is 0.240 e. The molecule has 1 amide bonds. The minimum atomic E-state index is -0.648. The van der Waals surface area contributed by atoms with Crippen LogP contribution in [0.15, 0.2) is 30.3 Å². The number of nitrogens with one attached hydrogen (secondary N) is 1. The van der Waals surface area contributed by atoms with E-state index in [0.29, 0.717) is 6.54 Å². The Bertz CT molecular complexity index is 453. The van der Waals surface area contributed by atoms with Crippen LogP contribution in [0, 0.1) is 0 Å². The number of carbonyl (C=O) groups excluding carboxylic acids is 1. The van der Waals surface area contributed by atoms with Crippen LogP contribution in [0.1, 0.15) is 51.5 Å². The zero-order chi connectivity index (χ0) is 14.6. The van der Waals surface area contributed by atoms with Crippen molar-refractivity contribution < 1.29 is 4.79 Å². The van der Waals surface area contributed by atoms with Gasteiger partial charge in [-0.3, -0.25) is 4.79 Å². The number of halogens is 1. The van der Waals surface area contributed by atoms with Crippen molar-refractivity contribution in [1.29, 1.82) is 0 Å². The summed E-state index contributed by atoms with van der Waals surface area (Å²) >= 11 is 0. The summed E-state index contributed by atoms with van der Waals surface area (Å²) in [4.78, 5) is 12.4. The highest BCUT2D eigenvalue weighted by Crippen LogP contribution is 2.27. The Kier molecular flexibility index (Phi) is 6.24. The molecule has 0 saturated heterocycles. The van der Waals surface area contributed by atoms with Gasteiger partial charge in [0.1, 0.15) is 0 Å². The predicted octanol–water partition coefficient (Wildman–Crippen LogP) is 3.16. The van der Waals surface area contributed by atoms with Gasteiger partial charge in [0.25, 0.3) is 0 Å². The molecule has 21 heavy (non-hydrogen) atoms. The molecule has 0 heterocycles. The van der Waals surface area contributed by atoms with Crippen LogP contribution in [-0.4, -0.2) is 18.0 Å². The summed E-state index contributed by atoms with van der Waals surface area (Å²) < 4.78 is 0. The molecule has 0 spiro atoms. The molecule has 0 aromatic heterocycles. The smallest absolute Gasteiger partial charge is 0.240 e. The first kappa shape index (κ1) is 18.0. The van der Waals surface area contributed by atoms with Gasteiger partial charge in [0.05, 0.1) is 5.54 Å². The van der Waals surface area contributed by atoms with Crippen LogP contribution >= 0.6 is 12.4 Å². The lowest BCUT2D eigenvalue weighted by Gasteiger charge is -2.34. The van der Waals surface area contributed by atoms with E-state index in [1.807, 2.05) is 18.2 Å². The summed E-state index contributed by atoms with van der Waals surface area (Å²) in [6.07, 6.45) is 4.94. The van der Waals surface area contributed by atoms with Crippen LogP contribution in [0.4, 0.5) is 0 Å². The lowest BCUT2D eigenvalue weighted by Crippen LogP contribution is -2.56. The number of rotatable bonds is 4. The molecule has 2 rings (SSSR count). The fourth-order valence-electron chi connectivity index (χ4n) is 2.88. The van der Waals surface area contributed by atoms with Crippen molar-refractivity contribution in [2.24, 2.45) is 5.73 Å². The third kappa shape index (κ3) is 4.45. The third-order valence-corrected chi connectivity index (χ3v) is 4.44. The quantitative estimate of drug-likeness (QED) is 0.897. The van der Waals surface area contributed by atoms with Crippen molar-refractivity contribution >= 4 is 18.3 Å². The van der Waals surface area contributed by atoms with Gasteiger partial charge in [-0.2, -0.15) is 0 Å². The van der Waals surface area contributed by atoms with Crippen LogP contribution in [-0.2, 0) is 10.2 Å². The Hall–Kier alpha value is -1.06. The number of hydrogen-bond donors (Lipinski definition) is 2. The average molecular weight is 311 g/mol. The number of benzene rings is 1. The number of amides is 1. The third-order valence-electron chi connectivity index (χ3n) is 4.44. The zero-order valence-electron chi connectivity index (χ0n) is 13.0. The Morgan fingerprint density at radius 1 is 1.19 bits per heavy atom. The van der Waals surface area contributed by atoms with Gasteiger partial charge in [-0.05, 0) is 18.4 Å². The zero-order valence-corrected chi connectivity index (χ0v) is 13.8. The predicted molar refractivity (Wildman–Crippen MR) is 89.7 cm³/mol. The number of nitrogens with two attached hydrogens (primary N) is 1. The molecule has 1 aromatic rings. The second-order valence-electron chi connectivity index (χ2n) is 6.65. The van der Waals surface area contributed by atoms with E-state index in [0.717, 1.165) is 25.7 Å². The van der Waals surface area contributed by atoms with Crippen molar-refractivity contribution in [2.75, 3.05) is 6.54 Å². The van der Waals surface area contributed by atoms with Crippen LogP contribution in [0.5, 0.6) is 0 Å². The molecule has 3 nitrogen and oxygen atoms in total. The van der Waals surface area contributed by atoms with Crippen molar-refractivity contribution in [2.45, 2.75) is 56.9 Å². The molecule has 1 aromatic carbocycles. The average Bonchev–Trinajstić information content (AvgIpc) is 2.46. The van der Waals surface area contributed by atoms with E-state index in [4.69, 9.17) is 5.73 Å². The standard InChI is InChI=1S/C17H26N2O.ClH/c1-16(2,14-9-5-3-6-10-14)13-19-15(20)17(18)11-7-4-8-12-17;/h3,5-6,9-10H,4,7-8,11-13,18H2,1-2H3,(H,19,20);1H. The van der Waals surface area contributed by atoms with Gasteiger partial charge in [0, 0.05) is 12.0 Å². The Morgan fingerprint density at radius 2 is 1.76 bits per heavy atom. The fourth-order valence-corrected chi connectivity index (χ4v) is 2.88. The van der Waals surface area contributed by atoms with Gasteiger partial charge < -0.3 is 11.1 Å². The van der Waals surface area contributed by atoms with Gasteiger partial charge in [0.15, 0.2) is 0 Å². The minimum Gasteiger partial charge on any atom is -0.354 e. The largest absolute Gasteiger partial charge is 0.354 e. The summed E-state index contributed by atoms with van der Waals surface area (Å²) in [7, 11) is 0. The molecule has 0 unspecified atom stereocenters. The van der Waals surface area contributed by atoms with Crippen molar-refractivity contribution in [3.8, 4) is 0 Å². The summed E-state index contributed by atoms with van der Waals surface area (Å²) in [6, 6.07) is 10.3. The van der Waals surface area contributed by atoms with Crippen molar-refractivity contribution in [1.82, 2.24) is 5.32 Å². The molecular formula is C17H27ClN2O. The first-order chi connectivity index (χ1) is 9.44. The van der Waals surface area contributed by atoms with E-state index in [1.54, 1.807) is 0 Å². The minimum absolute atomic E-state index is 0. The summed E-state index contributed by atoms with van der Waals surface area (Å²) in [5.74, 6) is 0.0150. The Balaban J connectivity index is 0.00000220. The summed E-state index contributed by atoms with van der Waals surface area (Å²) in [5, 5.41) is 3.07. The molecule has 0 atom stereocenters. The van der Waals surface area contributed by atoms with E-state index in [9.17, 15) is 4.79 Å². The molecule has 1 aliphatic rings. The van der Waals surface area contributed by atoms with Gasteiger partial charge in [-0.25, -0.2) is 0 Å². The van der Waals surface area contributed by atoms with Crippen molar-refractivity contribution in [3.05, 3.63) is 35.9 Å². The highest BCUT2D eigenvalue weighted by atomic mass is 35.5. The normalized spacial score (nSPS) is 17.7. The Morgan fingerprint density at radius 3 is 2.33 bits per heavy atom. The van der Waals surface area contributed by atoms with Crippen LogP contribution in [0.3, 0.4) is 0 Å². The lowest BCUT2D eigenvalue weighted by atomic mass is 9.81.